The fourth-order valence-electron chi connectivity index (χ4n) is 3.87. The van der Waals surface area contributed by atoms with Gasteiger partial charge in [-0.25, -0.2) is 13.1 Å². The molecule has 2 aromatic heterocycles. The van der Waals surface area contributed by atoms with E-state index in [4.69, 9.17) is 16.7 Å². The average molecular weight is 514 g/mol. The summed E-state index contributed by atoms with van der Waals surface area (Å²) in [7, 11) is -3.27. The number of rotatable bonds is 8. The van der Waals surface area contributed by atoms with Gasteiger partial charge in [0.15, 0.2) is 9.84 Å². The summed E-state index contributed by atoms with van der Waals surface area (Å²) in [4.78, 5) is 4.70. The summed E-state index contributed by atoms with van der Waals surface area (Å²) >= 11 is 8.15. The van der Waals surface area contributed by atoms with Crippen molar-refractivity contribution < 1.29 is 8.42 Å². The molecule has 0 aliphatic carbocycles. The fraction of sp³-hybridized carbons (Fsp3) is 0.269. The third-order valence-electron chi connectivity index (χ3n) is 5.75. The molecule has 178 valence electrons. The van der Waals surface area contributed by atoms with Crippen LogP contribution >= 0.6 is 22.9 Å². The first-order valence-electron chi connectivity index (χ1n) is 11.2. The van der Waals surface area contributed by atoms with E-state index in [9.17, 15) is 8.42 Å². The topological polar surface area (TPSA) is 55.2 Å². The molecule has 0 fully saturated rings. The van der Waals surface area contributed by atoms with Crippen LogP contribution < -0.4 is 0 Å². The van der Waals surface area contributed by atoms with Crippen molar-refractivity contribution in [1.29, 1.82) is 0 Å². The summed E-state index contributed by atoms with van der Waals surface area (Å²) in [6.45, 7) is 8.21. The normalized spacial score (nSPS) is 12.1. The highest BCUT2D eigenvalue weighted by Crippen LogP contribution is 2.37. The van der Waals surface area contributed by atoms with Crippen molar-refractivity contribution in [2.75, 3.05) is 12.8 Å². The van der Waals surface area contributed by atoms with Crippen LogP contribution in [0.25, 0.3) is 26.7 Å². The van der Waals surface area contributed by atoms with E-state index in [1.807, 2.05) is 41.1 Å². The molecule has 0 radical (unpaired) electrons. The largest absolute Gasteiger partial charge is 0.295 e. The van der Waals surface area contributed by atoms with E-state index >= 15 is 0 Å². The first-order valence-corrected chi connectivity index (χ1v) is 14.2. The Hall–Kier alpha value is -2.45. The molecule has 0 saturated heterocycles. The van der Waals surface area contributed by atoms with E-state index in [0.29, 0.717) is 16.0 Å². The van der Waals surface area contributed by atoms with Crippen molar-refractivity contribution >= 4 is 32.8 Å². The van der Waals surface area contributed by atoms with E-state index in [0.717, 1.165) is 45.5 Å². The van der Waals surface area contributed by atoms with Crippen molar-refractivity contribution in [1.82, 2.24) is 14.7 Å². The first-order chi connectivity index (χ1) is 16.2. The summed E-state index contributed by atoms with van der Waals surface area (Å²) in [5.41, 5.74) is 3.63. The maximum Gasteiger partial charge on any atom is 0.175 e. The summed E-state index contributed by atoms with van der Waals surface area (Å²) < 4.78 is 25.9. The van der Waals surface area contributed by atoms with Gasteiger partial charge in [-0.15, -0.1) is 11.3 Å². The minimum atomic E-state index is -3.27. The number of hydrogen-bond acceptors (Lipinski definition) is 5. The molecule has 0 atom stereocenters. The Kier molecular flexibility index (Phi) is 7.28. The van der Waals surface area contributed by atoms with Gasteiger partial charge >= 0.3 is 0 Å². The average Bonchev–Trinajstić information content (AvgIpc) is 3.44. The lowest BCUT2D eigenvalue weighted by Crippen LogP contribution is -2.30. The van der Waals surface area contributed by atoms with Gasteiger partial charge in [-0.2, -0.15) is 5.10 Å². The molecule has 0 amide bonds. The maximum atomic E-state index is 12.0. The smallest absolute Gasteiger partial charge is 0.175 e. The number of para-hydroxylation sites is 1. The molecule has 5 nitrogen and oxygen atoms in total. The molecule has 34 heavy (non-hydrogen) atoms. The predicted octanol–water partition coefficient (Wildman–Crippen LogP) is 6.56. The highest BCUT2D eigenvalue weighted by Gasteiger charge is 2.18. The quantitative estimate of drug-likeness (QED) is 0.268. The first kappa shape index (κ1) is 24.7. The van der Waals surface area contributed by atoms with Crippen molar-refractivity contribution in [3.8, 4) is 26.7 Å². The molecule has 0 aliphatic rings. The van der Waals surface area contributed by atoms with Gasteiger partial charge in [0.25, 0.3) is 0 Å². The lowest BCUT2D eigenvalue weighted by atomic mass is 10.2. The summed E-state index contributed by atoms with van der Waals surface area (Å²) in [6.07, 6.45) is 1.23. The number of hydrogen-bond donors (Lipinski definition) is 0. The third kappa shape index (κ3) is 5.28. The predicted molar refractivity (Wildman–Crippen MR) is 142 cm³/mol. The minimum absolute atomic E-state index is 0.316. The molecule has 2 aromatic carbocycles. The highest BCUT2D eigenvalue weighted by molar-refractivity contribution is 7.90. The third-order valence-corrected chi connectivity index (χ3v) is 8.33. The Labute approximate surface area is 210 Å². The van der Waals surface area contributed by atoms with Gasteiger partial charge in [-0.3, -0.25) is 4.90 Å². The zero-order valence-electron chi connectivity index (χ0n) is 19.7. The van der Waals surface area contributed by atoms with Gasteiger partial charge in [0.05, 0.1) is 31.9 Å². The molecule has 4 rings (SSSR count). The Morgan fingerprint density at radius 1 is 1.03 bits per heavy atom. The van der Waals surface area contributed by atoms with Gasteiger partial charge in [0, 0.05) is 23.7 Å². The Balaban J connectivity index is 1.78. The lowest BCUT2D eigenvalue weighted by molar-refractivity contribution is 0.222. The second-order valence-corrected chi connectivity index (χ2v) is 12.0. The van der Waals surface area contributed by atoms with E-state index in [2.05, 4.69) is 37.8 Å². The van der Waals surface area contributed by atoms with Crippen LogP contribution in [0, 0.1) is 0 Å². The Morgan fingerprint density at radius 2 is 1.76 bits per heavy atom. The Morgan fingerprint density at radius 3 is 2.44 bits per heavy atom. The van der Waals surface area contributed by atoms with E-state index in [1.165, 1.54) is 6.26 Å². The summed E-state index contributed by atoms with van der Waals surface area (Å²) in [5, 5.41) is 5.57. The van der Waals surface area contributed by atoms with Crippen molar-refractivity contribution in [2.24, 2.45) is 0 Å². The summed E-state index contributed by atoms with van der Waals surface area (Å²) in [5.74, 6) is 0. The number of aromatic nitrogens is 2. The molecule has 0 aliphatic heterocycles. The van der Waals surface area contributed by atoms with Crippen LogP contribution in [0.15, 0.2) is 71.6 Å². The number of benzene rings is 2. The highest BCUT2D eigenvalue weighted by atomic mass is 35.5. The molecular weight excluding hydrogens is 486 g/mol. The molecule has 4 aromatic rings. The van der Waals surface area contributed by atoms with Gasteiger partial charge < -0.3 is 0 Å². The van der Waals surface area contributed by atoms with Gasteiger partial charge in [0.2, 0.25) is 0 Å². The molecule has 8 heteroatoms. The van der Waals surface area contributed by atoms with Crippen LogP contribution in [0.2, 0.25) is 5.02 Å². The second-order valence-electron chi connectivity index (χ2n) is 8.50. The number of sulfone groups is 1. The van der Waals surface area contributed by atoms with Gasteiger partial charge in [0.1, 0.15) is 0 Å². The Bertz CT molecular complexity index is 1410. The van der Waals surface area contributed by atoms with E-state index in [1.54, 1.807) is 29.5 Å². The van der Waals surface area contributed by atoms with Gasteiger partial charge in [-0.1, -0.05) is 42.8 Å². The van der Waals surface area contributed by atoms with Crippen molar-refractivity contribution in [3.05, 3.63) is 77.4 Å². The maximum absolute atomic E-state index is 12.0. The van der Waals surface area contributed by atoms with Crippen molar-refractivity contribution in [2.45, 2.75) is 38.3 Å². The molecule has 0 bridgehead atoms. The van der Waals surface area contributed by atoms with E-state index in [-0.39, 0.29) is 0 Å². The molecule has 0 spiro atoms. The zero-order chi connectivity index (χ0) is 24.5. The van der Waals surface area contributed by atoms with Gasteiger partial charge in [-0.05, 0) is 68.4 Å². The lowest BCUT2D eigenvalue weighted by Gasteiger charge is -2.23. The molecule has 0 saturated carbocycles. The molecular formula is C26H28ClN3O2S2. The van der Waals surface area contributed by atoms with Crippen molar-refractivity contribution in [3.63, 3.8) is 0 Å². The SMILES string of the molecule is CCN(Cc1cc(-c2ccc(-c3cccc(S(C)(=O)=O)c3)s2)n(-c2ccccc2Cl)n1)C(C)C. The van der Waals surface area contributed by atoms with Crippen LogP contribution in [-0.4, -0.2) is 41.9 Å². The monoisotopic (exact) mass is 513 g/mol. The molecule has 0 unspecified atom stereocenters. The van der Waals surface area contributed by atoms with Crippen LogP contribution in [0.1, 0.15) is 26.5 Å². The van der Waals surface area contributed by atoms with E-state index < -0.39 is 9.84 Å². The number of nitrogens with zero attached hydrogens (tertiary/aromatic N) is 3. The minimum Gasteiger partial charge on any atom is -0.295 e. The molecule has 0 N–H and O–H groups in total. The number of halogens is 1. The molecule has 2 heterocycles. The van der Waals surface area contributed by atoms with Crippen LogP contribution in [0.4, 0.5) is 0 Å². The van der Waals surface area contributed by atoms with Crippen LogP contribution in [0.3, 0.4) is 0 Å². The van der Waals surface area contributed by atoms with Crippen LogP contribution in [-0.2, 0) is 16.4 Å². The second kappa shape index (κ2) is 10.0. The summed E-state index contributed by atoms with van der Waals surface area (Å²) in [6, 6.07) is 21.4. The zero-order valence-corrected chi connectivity index (χ0v) is 22.1. The fourth-order valence-corrected chi connectivity index (χ4v) is 5.75. The van der Waals surface area contributed by atoms with Crippen LogP contribution in [0.5, 0.6) is 0 Å². The standard InChI is InChI=1S/C26H28ClN3O2S2/c1-5-29(18(2)3)17-20-16-24(30(28-20)23-12-7-6-11-22(23)27)26-14-13-25(33-26)19-9-8-10-21(15-19)34(4,31)32/h6-16,18H,5,17H2,1-4H3. The number of thiophene rings is 1.